The Hall–Kier alpha value is -2.31. The van der Waals surface area contributed by atoms with E-state index in [1.165, 1.54) is 21.3 Å². The Balaban J connectivity index is 2.09. The van der Waals surface area contributed by atoms with E-state index < -0.39 is 0 Å². The van der Waals surface area contributed by atoms with Gasteiger partial charge in [0.1, 0.15) is 17.2 Å². The summed E-state index contributed by atoms with van der Waals surface area (Å²) in [4.78, 5) is 12.2. The minimum Gasteiger partial charge on any atom is -0.495 e. The Morgan fingerprint density at radius 2 is 1.60 bits per heavy atom. The van der Waals surface area contributed by atoms with Crippen LogP contribution in [0.15, 0.2) is 30.3 Å². The van der Waals surface area contributed by atoms with Crippen LogP contribution in [0.5, 0.6) is 17.2 Å². The number of hydrogen-bond acceptors (Lipinski definition) is 5. The van der Waals surface area contributed by atoms with Crippen molar-refractivity contribution in [3.63, 3.8) is 0 Å². The number of carbonyl (C=O) groups is 1. The number of amides is 1. The molecule has 0 aromatic heterocycles. The average molecular weight is 385 g/mol. The summed E-state index contributed by atoms with van der Waals surface area (Å²) < 4.78 is 15.6. The highest BCUT2D eigenvalue weighted by Crippen LogP contribution is 2.35. The highest BCUT2D eigenvalue weighted by atomic mass is 35.5. The summed E-state index contributed by atoms with van der Waals surface area (Å²) in [5.41, 5.74) is 1.07. The van der Waals surface area contributed by atoms with Crippen molar-refractivity contribution in [2.45, 2.75) is 0 Å². The fourth-order valence-electron chi connectivity index (χ4n) is 2.15. The molecule has 2 aromatic carbocycles. The topological polar surface area (TPSA) is 68.8 Å². The molecule has 0 spiro atoms. The van der Waals surface area contributed by atoms with Gasteiger partial charge < -0.3 is 24.8 Å². The van der Waals surface area contributed by atoms with E-state index in [0.717, 1.165) is 0 Å². The Morgan fingerprint density at radius 3 is 2.24 bits per heavy atom. The molecule has 1 amide bonds. The number of hydrogen-bond donors (Lipinski definition) is 2. The van der Waals surface area contributed by atoms with E-state index >= 15 is 0 Å². The Kier molecular flexibility index (Phi) is 6.61. The summed E-state index contributed by atoms with van der Waals surface area (Å²) >= 11 is 12.0. The number of methoxy groups -OCH3 is 3. The molecule has 0 aliphatic heterocycles. The summed E-state index contributed by atoms with van der Waals surface area (Å²) in [6.45, 7) is -0.00316. The maximum atomic E-state index is 12.2. The molecule has 6 nitrogen and oxygen atoms in total. The van der Waals surface area contributed by atoms with E-state index in [2.05, 4.69) is 10.6 Å². The second kappa shape index (κ2) is 8.69. The second-order valence-corrected chi connectivity index (χ2v) is 5.78. The maximum absolute atomic E-state index is 12.2. The lowest BCUT2D eigenvalue weighted by Crippen LogP contribution is -2.22. The third kappa shape index (κ3) is 4.84. The van der Waals surface area contributed by atoms with Crippen LogP contribution in [0.2, 0.25) is 10.0 Å². The number of benzene rings is 2. The Labute approximate surface area is 156 Å². The van der Waals surface area contributed by atoms with Crippen LogP contribution in [0.25, 0.3) is 0 Å². The van der Waals surface area contributed by atoms with Gasteiger partial charge in [0, 0.05) is 17.2 Å². The molecular weight excluding hydrogens is 367 g/mol. The van der Waals surface area contributed by atoms with E-state index in [-0.39, 0.29) is 12.5 Å². The summed E-state index contributed by atoms with van der Waals surface area (Å²) in [7, 11) is 4.54. The second-order valence-electron chi connectivity index (χ2n) is 4.93. The van der Waals surface area contributed by atoms with E-state index in [0.29, 0.717) is 38.7 Å². The lowest BCUT2D eigenvalue weighted by atomic mass is 10.2. The molecule has 0 fully saturated rings. The van der Waals surface area contributed by atoms with E-state index in [9.17, 15) is 4.79 Å². The van der Waals surface area contributed by atoms with E-state index in [4.69, 9.17) is 37.4 Å². The molecule has 0 aliphatic rings. The van der Waals surface area contributed by atoms with Crippen LogP contribution < -0.4 is 24.8 Å². The zero-order valence-corrected chi connectivity index (χ0v) is 15.5. The number of rotatable bonds is 7. The molecule has 0 radical (unpaired) electrons. The lowest BCUT2D eigenvalue weighted by Gasteiger charge is -2.14. The van der Waals surface area contributed by atoms with Crippen molar-refractivity contribution in [1.29, 1.82) is 0 Å². The predicted molar refractivity (Wildman–Crippen MR) is 99.7 cm³/mol. The molecule has 0 atom stereocenters. The van der Waals surface area contributed by atoms with Crippen molar-refractivity contribution in [3.8, 4) is 17.2 Å². The standard InChI is InChI=1S/C17H18Cl2N2O4/c1-23-14-5-4-10(18)6-13(14)21-17(22)9-20-12-8-15(24-2)11(19)7-16(12)25-3/h4-8,20H,9H2,1-3H3,(H,21,22). The van der Waals surface area contributed by atoms with Crippen molar-refractivity contribution >= 4 is 40.5 Å². The van der Waals surface area contributed by atoms with Gasteiger partial charge in [-0.05, 0) is 18.2 Å². The van der Waals surface area contributed by atoms with Crippen LogP contribution in [0.3, 0.4) is 0 Å². The Bertz CT molecular complexity index is 769. The Morgan fingerprint density at radius 1 is 0.920 bits per heavy atom. The third-order valence-corrected chi connectivity index (χ3v) is 3.88. The molecular formula is C17H18Cl2N2O4. The zero-order valence-electron chi connectivity index (χ0n) is 14.0. The van der Waals surface area contributed by atoms with Crippen molar-refractivity contribution in [1.82, 2.24) is 0 Å². The molecule has 0 saturated carbocycles. The van der Waals surface area contributed by atoms with Gasteiger partial charge in [-0.2, -0.15) is 0 Å². The number of halogens is 2. The number of ether oxygens (including phenoxy) is 3. The fraction of sp³-hybridized carbons (Fsp3) is 0.235. The average Bonchev–Trinajstić information content (AvgIpc) is 2.60. The van der Waals surface area contributed by atoms with Crippen LogP contribution in [-0.4, -0.2) is 33.8 Å². The van der Waals surface area contributed by atoms with Gasteiger partial charge in [-0.25, -0.2) is 0 Å². The van der Waals surface area contributed by atoms with Crippen LogP contribution in [0.1, 0.15) is 0 Å². The maximum Gasteiger partial charge on any atom is 0.243 e. The van der Waals surface area contributed by atoms with Crippen LogP contribution >= 0.6 is 23.2 Å². The number of anilines is 2. The highest BCUT2D eigenvalue weighted by Gasteiger charge is 2.12. The first-order chi connectivity index (χ1) is 12.0. The molecule has 2 rings (SSSR count). The van der Waals surface area contributed by atoms with E-state index in [1.807, 2.05) is 0 Å². The first-order valence-corrected chi connectivity index (χ1v) is 8.02. The summed E-state index contributed by atoms with van der Waals surface area (Å²) in [5, 5.41) is 6.64. The molecule has 0 heterocycles. The normalized spacial score (nSPS) is 10.1. The largest absolute Gasteiger partial charge is 0.495 e. The summed E-state index contributed by atoms with van der Waals surface area (Å²) in [5.74, 6) is 1.21. The van der Waals surface area contributed by atoms with Gasteiger partial charge in [-0.3, -0.25) is 4.79 Å². The van der Waals surface area contributed by atoms with Crippen molar-refractivity contribution in [2.24, 2.45) is 0 Å². The minimum absolute atomic E-state index is 0.00316. The van der Waals surface area contributed by atoms with Crippen LogP contribution in [-0.2, 0) is 4.79 Å². The van der Waals surface area contributed by atoms with Gasteiger partial charge in [0.15, 0.2) is 0 Å². The molecule has 25 heavy (non-hydrogen) atoms. The van der Waals surface area contributed by atoms with Crippen LogP contribution in [0.4, 0.5) is 11.4 Å². The molecule has 2 aromatic rings. The van der Waals surface area contributed by atoms with Gasteiger partial charge in [-0.15, -0.1) is 0 Å². The zero-order chi connectivity index (χ0) is 18.4. The number of nitrogens with one attached hydrogen (secondary N) is 2. The van der Waals surface area contributed by atoms with Gasteiger partial charge in [-0.1, -0.05) is 23.2 Å². The lowest BCUT2D eigenvalue weighted by molar-refractivity contribution is -0.114. The van der Waals surface area contributed by atoms with Crippen LogP contribution in [0, 0.1) is 0 Å². The SMILES string of the molecule is COc1cc(NCC(=O)Nc2cc(Cl)ccc2OC)c(OC)cc1Cl. The first-order valence-electron chi connectivity index (χ1n) is 7.27. The van der Waals surface area contributed by atoms with Gasteiger partial charge >= 0.3 is 0 Å². The summed E-state index contributed by atoms with van der Waals surface area (Å²) in [6.07, 6.45) is 0. The van der Waals surface area contributed by atoms with Crippen molar-refractivity contribution in [2.75, 3.05) is 38.5 Å². The number of carbonyl (C=O) groups excluding carboxylic acids is 1. The van der Waals surface area contributed by atoms with Gasteiger partial charge in [0.2, 0.25) is 5.91 Å². The smallest absolute Gasteiger partial charge is 0.243 e. The molecule has 0 aliphatic carbocycles. The van der Waals surface area contributed by atoms with Crippen molar-refractivity contribution < 1.29 is 19.0 Å². The molecule has 0 unspecified atom stereocenters. The first kappa shape index (κ1) is 19.0. The quantitative estimate of drug-likeness (QED) is 0.752. The monoisotopic (exact) mass is 384 g/mol. The van der Waals surface area contributed by atoms with Gasteiger partial charge in [0.05, 0.1) is 44.3 Å². The summed E-state index contributed by atoms with van der Waals surface area (Å²) in [6, 6.07) is 8.25. The van der Waals surface area contributed by atoms with Crippen molar-refractivity contribution in [3.05, 3.63) is 40.4 Å². The molecule has 2 N–H and O–H groups in total. The highest BCUT2D eigenvalue weighted by molar-refractivity contribution is 6.32. The predicted octanol–water partition coefficient (Wildman–Crippen LogP) is 4.07. The third-order valence-electron chi connectivity index (χ3n) is 3.35. The molecule has 0 bridgehead atoms. The van der Waals surface area contributed by atoms with E-state index in [1.54, 1.807) is 30.3 Å². The molecule has 0 saturated heterocycles. The molecule has 8 heteroatoms. The fourth-order valence-corrected chi connectivity index (χ4v) is 2.55. The molecule has 134 valence electrons. The minimum atomic E-state index is -0.281. The van der Waals surface area contributed by atoms with Gasteiger partial charge in [0.25, 0.3) is 0 Å².